The lowest BCUT2D eigenvalue weighted by atomic mass is 10.2. The van der Waals surface area contributed by atoms with Crippen LogP contribution in [0.2, 0.25) is 0 Å². The fourth-order valence-corrected chi connectivity index (χ4v) is 6.76. The third kappa shape index (κ3) is 5.16. The molecule has 0 bridgehead atoms. The molecular formula is C26H25FN4O3S2. The Kier molecular flexibility index (Phi) is 7.08. The summed E-state index contributed by atoms with van der Waals surface area (Å²) in [6.45, 7) is 1.24. The molecule has 5 rings (SSSR count). The minimum absolute atomic E-state index is 0.176. The van der Waals surface area contributed by atoms with Gasteiger partial charge in [0.15, 0.2) is 5.13 Å². The molecule has 0 unspecified atom stereocenters. The molecule has 1 amide bonds. The van der Waals surface area contributed by atoms with Crippen LogP contribution in [0.3, 0.4) is 0 Å². The first-order valence-corrected chi connectivity index (χ1v) is 14.0. The van der Waals surface area contributed by atoms with E-state index >= 15 is 0 Å². The maximum atomic E-state index is 13.7. The molecule has 1 saturated heterocycles. The zero-order valence-electron chi connectivity index (χ0n) is 19.5. The molecule has 0 radical (unpaired) electrons. The van der Waals surface area contributed by atoms with Crippen LogP contribution in [0.25, 0.3) is 10.2 Å². The minimum atomic E-state index is -3.62. The molecule has 10 heteroatoms. The second-order valence-corrected chi connectivity index (χ2v) is 11.7. The van der Waals surface area contributed by atoms with Crippen LogP contribution >= 0.6 is 11.3 Å². The van der Waals surface area contributed by atoms with Crippen molar-refractivity contribution in [3.63, 3.8) is 0 Å². The maximum Gasteiger partial charge on any atom is 0.260 e. The number of hydrogen-bond acceptors (Lipinski definition) is 6. The molecule has 1 fully saturated rings. The Hall–Kier alpha value is -3.21. The van der Waals surface area contributed by atoms with Crippen molar-refractivity contribution in [3.8, 4) is 0 Å². The predicted octanol–water partition coefficient (Wildman–Crippen LogP) is 5.24. The van der Waals surface area contributed by atoms with Gasteiger partial charge in [0.05, 0.1) is 21.7 Å². The predicted molar refractivity (Wildman–Crippen MR) is 138 cm³/mol. The number of carbonyl (C=O) groups is 1. The topological polar surface area (TPSA) is 83.5 Å². The summed E-state index contributed by atoms with van der Waals surface area (Å²) < 4.78 is 42.2. The molecule has 186 valence electrons. The Bertz CT molecular complexity index is 1470. The zero-order chi connectivity index (χ0) is 25.1. The molecule has 0 N–H and O–H groups in total. The van der Waals surface area contributed by atoms with Gasteiger partial charge in [-0.2, -0.15) is 4.31 Å². The van der Waals surface area contributed by atoms with Crippen LogP contribution in [-0.4, -0.2) is 41.7 Å². The number of carbonyl (C=O) groups excluding carboxylic acids is 1. The summed E-state index contributed by atoms with van der Waals surface area (Å²) in [6, 6.07) is 14.0. The quantitative estimate of drug-likeness (QED) is 0.344. The Morgan fingerprint density at radius 3 is 2.47 bits per heavy atom. The summed E-state index contributed by atoms with van der Waals surface area (Å²) in [5.74, 6) is -0.707. The van der Waals surface area contributed by atoms with Gasteiger partial charge in [-0.05, 0) is 66.9 Å². The molecular weight excluding hydrogens is 499 g/mol. The van der Waals surface area contributed by atoms with Crippen molar-refractivity contribution in [2.75, 3.05) is 18.0 Å². The number of anilines is 1. The number of hydrogen-bond donors (Lipinski definition) is 0. The summed E-state index contributed by atoms with van der Waals surface area (Å²) in [5, 5.41) is 0.422. The largest absolute Gasteiger partial charge is 0.279 e. The average molecular weight is 525 g/mol. The lowest BCUT2D eigenvalue weighted by Crippen LogP contribution is -2.32. The molecule has 1 aliphatic rings. The van der Waals surface area contributed by atoms with Gasteiger partial charge in [-0.25, -0.2) is 17.8 Å². The van der Waals surface area contributed by atoms with Gasteiger partial charge in [0.25, 0.3) is 5.91 Å². The number of nitrogens with zero attached hydrogens (tertiary/aromatic N) is 4. The van der Waals surface area contributed by atoms with E-state index in [1.165, 1.54) is 56.9 Å². The van der Waals surface area contributed by atoms with Crippen LogP contribution in [0.5, 0.6) is 0 Å². The van der Waals surface area contributed by atoms with Gasteiger partial charge in [-0.15, -0.1) is 0 Å². The summed E-state index contributed by atoms with van der Waals surface area (Å²) in [4.78, 5) is 24.0. The number of pyridine rings is 1. The van der Waals surface area contributed by atoms with Crippen LogP contribution in [0, 0.1) is 5.82 Å². The number of sulfonamides is 1. The molecule has 4 aromatic rings. The van der Waals surface area contributed by atoms with Crippen molar-refractivity contribution in [1.29, 1.82) is 0 Å². The molecule has 1 aliphatic heterocycles. The van der Waals surface area contributed by atoms with Gasteiger partial charge >= 0.3 is 0 Å². The summed E-state index contributed by atoms with van der Waals surface area (Å²) in [7, 11) is -3.62. The summed E-state index contributed by atoms with van der Waals surface area (Å²) >= 11 is 1.22. The van der Waals surface area contributed by atoms with E-state index in [0.717, 1.165) is 31.2 Å². The number of amides is 1. The number of rotatable bonds is 6. The SMILES string of the molecule is O=C(c1ccc(S(=O)(=O)N2CCCCCC2)cc1)N(Cc1cccnc1)c1nc2ccc(F)cc2s1. The molecule has 0 atom stereocenters. The Labute approximate surface area is 213 Å². The molecule has 0 aliphatic carbocycles. The minimum Gasteiger partial charge on any atom is -0.279 e. The van der Waals surface area contributed by atoms with Crippen molar-refractivity contribution < 1.29 is 17.6 Å². The van der Waals surface area contributed by atoms with E-state index in [9.17, 15) is 17.6 Å². The fourth-order valence-electron chi connectivity index (χ4n) is 4.26. The number of fused-ring (bicyclic) bond motifs is 1. The highest BCUT2D eigenvalue weighted by molar-refractivity contribution is 7.89. The van der Waals surface area contributed by atoms with Crippen LogP contribution in [0.4, 0.5) is 9.52 Å². The number of thiazole rings is 1. The molecule has 0 saturated carbocycles. The van der Waals surface area contributed by atoms with E-state index < -0.39 is 10.0 Å². The van der Waals surface area contributed by atoms with Crippen molar-refractivity contribution in [1.82, 2.24) is 14.3 Å². The summed E-state index contributed by atoms with van der Waals surface area (Å²) in [6.07, 6.45) is 7.09. The monoisotopic (exact) mass is 524 g/mol. The first-order chi connectivity index (χ1) is 17.4. The molecule has 2 aromatic carbocycles. The third-order valence-corrected chi connectivity index (χ3v) is 9.14. The highest BCUT2D eigenvalue weighted by atomic mass is 32.2. The van der Waals surface area contributed by atoms with Crippen molar-refractivity contribution >= 4 is 42.6 Å². The zero-order valence-corrected chi connectivity index (χ0v) is 21.1. The Morgan fingerprint density at radius 2 is 1.78 bits per heavy atom. The van der Waals surface area contributed by atoms with Gasteiger partial charge in [0.1, 0.15) is 5.82 Å². The van der Waals surface area contributed by atoms with E-state index in [1.807, 2.05) is 6.07 Å². The molecule has 3 heterocycles. The standard InChI is InChI=1S/C26H25FN4O3S2/c27-21-9-12-23-24(16-21)35-26(29-23)31(18-19-6-5-13-28-17-19)25(32)20-7-10-22(11-8-20)36(33,34)30-14-3-1-2-4-15-30/h5-13,16-17H,1-4,14-15,18H2. The normalized spacial score (nSPS) is 15.0. The van der Waals surface area contributed by atoms with Crippen molar-refractivity contribution in [3.05, 3.63) is 83.9 Å². The second-order valence-electron chi connectivity index (χ2n) is 8.70. The Morgan fingerprint density at radius 1 is 1.03 bits per heavy atom. The van der Waals surface area contributed by atoms with E-state index in [-0.39, 0.29) is 23.2 Å². The summed E-state index contributed by atoms with van der Waals surface area (Å²) in [5.41, 5.74) is 1.73. The maximum absolute atomic E-state index is 13.7. The van der Waals surface area contributed by atoms with Gasteiger partial charge in [-0.1, -0.05) is 30.2 Å². The van der Waals surface area contributed by atoms with E-state index in [4.69, 9.17) is 0 Å². The van der Waals surface area contributed by atoms with Crippen molar-refractivity contribution in [2.45, 2.75) is 37.1 Å². The second kappa shape index (κ2) is 10.4. The highest BCUT2D eigenvalue weighted by Gasteiger charge is 2.27. The first kappa shape index (κ1) is 24.5. The molecule has 36 heavy (non-hydrogen) atoms. The Balaban J connectivity index is 1.46. The number of halogens is 1. The van der Waals surface area contributed by atoms with E-state index in [0.29, 0.717) is 34.0 Å². The number of benzene rings is 2. The number of aromatic nitrogens is 2. The molecule has 0 spiro atoms. The van der Waals surface area contributed by atoms with Gasteiger partial charge in [0.2, 0.25) is 10.0 Å². The smallest absolute Gasteiger partial charge is 0.260 e. The van der Waals surface area contributed by atoms with Gasteiger partial charge in [0, 0.05) is 31.0 Å². The van der Waals surface area contributed by atoms with Crippen LogP contribution in [-0.2, 0) is 16.6 Å². The molecule has 2 aromatic heterocycles. The van der Waals surface area contributed by atoms with Gasteiger partial charge < -0.3 is 0 Å². The van der Waals surface area contributed by atoms with Crippen LogP contribution in [0.15, 0.2) is 71.9 Å². The van der Waals surface area contributed by atoms with E-state index in [1.54, 1.807) is 24.5 Å². The lowest BCUT2D eigenvalue weighted by Gasteiger charge is -2.21. The average Bonchev–Trinajstić information content (AvgIpc) is 3.10. The lowest BCUT2D eigenvalue weighted by molar-refractivity contribution is 0.0985. The van der Waals surface area contributed by atoms with E-state index in [2.05, 4.69) is 9.97 Å². The van der Waals surface area contributed by atoms with Crippen LogP contribution in [0.1, 0.15) is 41.6 Å². The van der Waals surface area contributed by atoms with Crippen molar-refractivity contribution in [2.24, 2.45) is 0 Å². The molecule has 7 nitrogen and oxygen atoms in total. The first-order valence-electron chi connectivity index (χ1n) is 11.8. The van der Waals surface area contributed by atoms with Crippen LogP contribution < -0.4 is 4.90 Å². The third-order valence-electron chi connectivity index (χ3n) is 6.18. The highest BCUT2D eigenvalue weighted by Crippen LogP contribution is 2.31. The van der Waals surface area contributed by atoms with Gasteiger partial charge in [-0.3, -0.25) is 14.7 Å². The fraction of sp³-hybridized carbons (Fsp3) is 0.269.